The molecule has 0 aromatic carbocycles. The van der Waals surface area contributed by atoms with Crippen LogP contribution in [0, 0.1) is 11.8 Å². The Kier molecular flexibility index (Phi) is 8.24. The molecule has 0 aromatic rings. The lowest BCUT2D eigenvalue weighted by Gasteiger charge is -2.47. The van der Waals surface area contributed by atoms with E-state index in [0.29, 0.717) is 48.5 Å². The molecule has 4 heterocycles. The Morgan fingerprint density at radius 2 is 1.90 bits per heavy atom. The maximum atomic E-state index is 13.2. The number of nitrogens with one attached hydrogen (secondary N) is 2. The van der Waals surface area contributed by atoms with Gasteiger partial charge in [0.25, 0.3) is 11.8 Å². The average molecular weight is 574 g/mol. The quantitative estimate of drug-likeness (QED) is 0.197. The molecule has 0 aromatic heterocycles. The van der Waals surface area contributed by atoms with E-state index in [2.05, 4.69) is 10.6 Å². The van der Waals surface area contributed by atoms with Gasteiger partial charge in [0.15, 0.2) is 6.54 Å². The molecule has 0 bridgehead atoms. The number of nitrogens with zero attached hydrogens (tertiary/aromatic N) is 3. The summed E-state index contributed by atoms with van der Waals surface area (Å²) in [6.07, 6.45) is -2.74. The molecule has 0 unspecified atom stereocenters. The first kappa shape index (κ1) is 29.2. The van der Waals surface area contributed by atoms with Gasteiger partial charge in [-0.25, -0.2) is 4.79 Å². The summed E-state index contributed by atoms with van der Waals surface area (Å²) in [5, 5.41) is 15.2. The number of halogens is 2. The van der Waals surface area contributed by atoms with E-state index in [1.165, 1.54) is 23.6 Å². The largest absolute Gasteiger partial charge is 0.477 e. The molecule has 15 heteroatoms. The first-order chi connectivity index (χ1) is 18.2. The first-order valence-electron chi connectivity index (χ1n) is 12.9. The SMILES string of the molecule is C[C@@H](NC(=O)C(F)F)[C@H]1C(=O)N2C(C(=O)O)=C(S[C@@H]3CN[C@H](C(=O)N4CC[N+](C)(CC(N)=O)CC4)C3)[C@H](C)[C@H]12. The number of β-lactam (4-membered cyclic amide) rings is 1. The van der Waals surface area contributed by atoms with Gasteiger partial charge in [-0.05, 0) is 13.3 Å². The fourth-order valence-corrected chi connectivity index (χ4v) is 7.64. The molecule has 216 valence electrons. The Labute approximate surface area is 228 Å². The van der Waals surface area contributed by atoms with Gasteiger partial charge >= 0.3 is 12.4 Å². The van der Waals surface area contributed by atoms with Crippen molar-refractivity contribution in [1.82, 2.24) is 20.4 Å². The summed E-state index contributed by atoms with van der Waals surface area (Å²) in [4.78, 5) is 64.5. The topological polar surface area (TPSA) is 162 Å². The lowest BCUT2D eigenvalue weighted by Crippen LogP contribution is -2.66. The zero-order valence-corrected chi connectivity index (χ0v) is 22.9. The van der Waals surface area contributed by atoms with Crippen molar-refractivity contribution < 1.29 is 42.3 Å². The van der Waals surface area contributed by atoms with Crippen LogP contribution in [0.5, 0.6) is 0 Å². The number of carboxylic acid groups (broad SMARTS) is 1. The number of amides is 4. The van der Waals surface area contributed by atoms with Gasteiger partial charge in [-0.2, -0.15) is 8.78 Å². The molecule has 39 heavy (non-hydrogen) atoms. The number of likely N-dealkylation sites (N-methyl/N-ethyl adjacent to an activating group) is 1. The Hall–Kier alpha value is -2.78. The number of thioether (sulfide) groups is 1. The molecule has 5 N–H and O–H groups in total. The number of rotatable bonds is 9. The van der Waals surface area contributed by atoms with Crippen LogP contribution in [0.25, 0.3) is 0 Å². The highest BCUT2D eigenvalue weighted by molar-refractivity contribution is 8.03. The number of carbonyl (C=O) groups excluding carboxylic acids is 4. The number of carbonyl (C=O) groups is 5. The predicted octanol–water partition coefficient (Wildman–Crippen LogP) is -1.23. The molecule has 4 aliphatic heterocycles. The molecule has 4 rings (SSSR count). The van der Waals surface area contributed by atoms with Crippen molar-refractivity contribution in [3.05, 3.63) is 10.6 Å². The van der Waals surface area contributed by atoms with E-state index < -0.39 is 48.3 Å². The molecule has 6 atom stereocenters. The molecule has 0 saturated carbocycles. The van der Waals surface area contributed by atoms with Gasteiger partial charge in [-0.15, -0.1) is 11.8 Å². The second-order valence-corrected chi connectivity index (χ2v) is 12.4. The fraction of sp³-hybridized carbons (Fsp3) is 0.708. The second kappa shape index (κ2) is 11.0. The highest BCUT2D eigenvalue weighted by atomic mass is 32.2. The minimum atomic E-state index is -3.22. The number of fused-ring (bicyclic) bond motifs is 1. The Morgan fingerprint density at radius 3 is 2.46 bits per heavy atom. The number of quaternary nitrogens is 1. The van der Waals surface area contributed by atoms with E-state index in [1.807, 2.05) is 7.05 Å². The zero-order chi connectivity index (χ0) is 28.8. The lowest BCUT2D eigenvalue weighted by atomic mass is 9.78. The van der Waals surface area contributed by atoms with Crippen LogP contribution >= 0.6 is 11.8 Å². The highest BCUT2D eigenvalue weighted by Gasteiger charge is 2.60. The normalized spacial score (nSPS) is 30.7. The van der Waals surface area contributed by atoms with Crippen molar-refractivity contribution in [3.8, 4) is 0 Å². The van der Waals surface area contributed by atoms with Crippen LogP contribution in [0.3, 0.4) is 0 Å². The average Bonchev–Trinajstić information content (AvgIpc) is 3.40. The number of nitrogens with two attached hydrogens (primary N) is 1. The zero-order valence-electron chi connectivity index (χ0n) is 22.1. The maximum Gasteiger partial charge on any atom is 0.353 e. The van der Waals surface area contributed by atoms with Crippen molar-refractivity contribution in [1.29, 1.82) is 0 Å². The Morgan fingerprint density at radius 1 is 1.26 bits per heavy atom. The molecule has 3 saturated heterocycles. The van der Waals surface area contributed by atoms with Crippen LogP contribution in [0.1, 0.15) is 20.3 Å². The summed E-state index contributed by atoms with van der Waals surface area (Å²) in [5.41, 5.74) is 5.23. The summed E-state index contributed by atoms with van der Waals surface area (Å²) >= 11 is 1.33. The number of hydrogen-bond acceptors (Lipinski definition) is 7. The van der Waals surface area contributed by atoms with Gasteiger partial charge in [0, 0.05) is 28.7 Å². The maximum absolute atomic E-state index is 13.2. The highest BCUT2D eigenvalue weighted by Crippen LogP contribution is 2.51. The van der Waals surface area contributed by atoms with E-state index in [0.717, 1.165) is 0 Å². The number of alkyl halides is 2. The molecule has 12 nitrogen and oxygen atoms in total. The van der Waals surface area contributed by atoms with Crippen LogP contribution in [0.15, 0.2) is 10.6 Å². The van der Waals surface area contributed by atoms with Crippen molar-refractivity contribution in [2.75, 3.05) is 46.3 Å². The number of hydrogen-bond donors (Lipinski definition) is 4. The van der Waals surface area contributed by atoms with Crippen molar-refractivity contribution in [3.63, 3.8) is 0 Å². The minimum Gasteiger partial charge on any atom is -0.477 e. The van der Waals surface area contributed by atoms with Gasteiger partial charge in [0.1, 0.15) is 5.70 Å². The predicted molar refractivity (Wildman–Crippen MR) is 136 cm³/mol. The Bertz CT molecular complexity index is 1100. The van der Waals surface area contributed by atoms with Gasteiger partial charge in [0.2, 0.25) is 11.8 Å². The van der Waals surface area contributed by atoms with Crippen LogP contribution < -0.4 is 16.4 Å². The molecular formula is C24H35F2N6O6S+. The van der Waals surface area contributed by atoms with Gasteiger partial charge in [0.05, 0.1) is 51.2 Å². The number of primary amides is 1. The molecule has 3 fully saturated rings. The van der Waals surface area contributed by atoms with Crippen molar-refractivity contribution in [2.45, 2.75) is 50.1 Å². The van der Waals surface area contributed by atoms with E-state index in [-0.39, 0.29) is 35.2 Å². The van der Waals surface area contributed by atoms with E-state index in [1.54, 1.807) is 11.8 Å². The van der Waals surface area contributed by atoms with E-state index >= 15 is 0 Å². The number of piperazine rings is 1. The molecule has 4 amide bonds. The lowest BCUT2D eigenvalue weighted by molar-refractivity contribution is -0.905. The molecule has 0 spiro atoms. The van der Waals surface area contributed by atoms with Gasteiger partial charge in [-0.3, -0.25) is 19.2 Å². The molecular weight excluding hydrogens is 538 g/mol. The van der Waals surface area contributed by atoms with Gasteiger partial charge < -0.3 is 35.8 Å². The van der Waals surface area contributed by atoms with Crippen molar-refractivity contribution >= 4 is 41.4 Å². The standard InChI is InChI=1S/C24H34F2N6O6S/c1-11-17-16(12(2)29-21(34)20(25)26)23(36)31(17)18(24(37)38)19(11)39-13-8-14(28-9-13)22(35)30-4-6-32(3,7-5-30)10-15(27)33/h11-14,16-17,20,28H,4-10H2,1-3H3,(H3-,27,29,33,34,37,38)/p+1/t11-,12-,13+,14+,16-,17-/m1/s1. The summed E-state index contributed by atoms with van der Waals surface area (Å²) < 4.78 is 25.9. The number of carboxylic acids is 1. The van der Waals surface area contributed by atoms with Crippen LogP contribution in [-0.4, -0.2) is 125 Å². The summed E-state index contributed by atoms with van der Waals surface area (Å²) in [7, 11) is 1.94. The monoisotopic (exact) mass is 573 g/mol. The first-order valence-corrected chi connectivity index (χ1v) is 13.8. The number of aliphatic carboxylic acids is 1. The minimum absolute atomic E-state index is 0.0435. The summed E-state index contributed by atoms with van der Waals surface area (Å²) in [5.74, 6) is -4.87. The van der Waals surface area contributed by atoms with Crippen LogP contribution in [0.4, 0.5) is 8.78 Å². The summed E-state index contributed by atoms with van der Waals surface area (Å²) in [6.45, 7) is 6.19. The van der Waals surface area contributed by atoms with Crippen LogP contribution in [-0.2, 0) is 24.0 Å². The third-order valence-corrected chi connectivity index (χ3v) is 9.76. The third-order valence-electron chi connectivity index (χ3n) is 8.25. The Balaban J connectivity index is 1.38. The van der Waals surface area contributed by atoms with Crippen molar-refractivity contribution in [2.24, 2.45) is 17.6 Å². The van der Waals surface area contributed by atoms with E-state index in [4.69, 9.17) is 5.73 Å². The smallest absolute Gasteiger partial charge is 0.353 e. The fourth-order valence-electron chi connectivity index (χ4n) is 6.16. The third kappa shape index (κ3) is 5.61. The van der Waals surface area contributed by atoms with Gasteiger partial charge in [-0.1, -0.05) is 6.92 Å². The molecule has 0 aliphatic carbocycles. The molecule has 0 radical (unpaired) electrons. The molecule has 4 aliphatic rings. The van der Waals surface area contributed by atoms with E-state index in [9.17, 15) is 37.9 Å². The van der Waals surface area contributed by atoms with Crippen LogP contribution in [0.2, 0.25) is 0 Å². The summed E-state index contributed by atoms with van der Waals surface area (Å²) in [6, 6.07) is -1.88. The second-order valence-electron chi connectivity index (χ2n) is 11.1.